The number of halogens is 7. The van der Waals surface area contributed by atoms with Crippen LogP contribution < -0.4 is 19.1 Å². The number of fused-ring (bicyclic) bond motifs is 6. The monoisotopic (exact) mass is 2130 g/mol. The van der Waals surface area contributed by atoms with E-state index in [2.05, 4.69) is 268 Å². The Morgan fingerprint density at radius 2 is 0.991 bits per heavy atom. The van der Waals surface area contributed by atoms with Crippen LogP contribution in [0.15, 0.2) is 224 Å². The third-order valence-corrected chi connectivity index (χ3v) is 22.6. The maximum atomic E-state index is 10.4. The zero-order chi connectivity index (χ0) is 79.0. The Morgan fingerprint density at radius 3 is 1.55 bits per heavy atom. The number of benzene rings is 9. The van der Waals surface area contributed by atoms with Gasteiger partial charge in [-0.05, 0) is 323 Å². The number of thiol groups is 4. The molecule has 11 aromatic rings. The molecule has 0 bridgehead atoms. The van der Waals surface area contributed by atoms with Crippen LogP contribution >= 0.6 is 212 Å². The molecule has 2 aliphatic rings. The zero-order valence-corrected chi connectivity index (χ0v) is 78.8. The van der Waals surface area contributed by atoms with Crippen LogP contribution in [0.4, 0.5) is 5.95 Å². The number of unbranched alkanes of at least 4 members (excludes halogenated alkanes) is 7. The lowest BCUT2D eigenvalue weighted by Crippen LogP contribution is -2.25. The number of carbonyl (C=O) groups excluding carboxylic acids is 2. The molecular weight excluding hydrogens is 2050 g/mol. The largest absolute Gasteiger partial charge is 0.492 e. The molecular formula is C83H84Br5I2N7O5S7. The first-order valence-electron chi connectivity index (χ1n) is 35.1. The summed E-state index contributed by atoms with van der Waals surface area (Å²) in [5.41, 5.74) is 14.5. The first-order chi connectivity index (χ1) is 52.3. The van der Waals surface area contributed by atoms with Gasteiger partial charge in [0.15, 0.2) is 9.50 Å². The van der Waals surface area contributed by atoms with E-state index in [1.165, 1.54) is 115 Å². The lowest BCUT2D eigenvalue weighted by Gasteiger charge is -2.33. The topological polar surface area (TPSA) is 151 Å². The number of carbonyl (C=O) groups is 2. The van der Waals surface area contributed by atoms with Crippen LogP contribution in [0.2, 0.25) is 0 Å². The first kappa shape index (κ1) is 91.6. The van der Waals surface area contributed by atoms with Crippen molar-refractivity contribution in [1.29, 1.82) is 0 Å². The van der Waals surface area contributed by atoms with E-state index in [4.69, 9.17) is 63.5 Å². The number of anilines is 1. The van der Waals surface area contributed by atoms with Gasteiger partial charge in [-0.2, -0.15) is 9.97 Å². The number of ether oxygens (including phenoxy) is 3. The fourth-order valence-electron chi connectivity index (χ4n) is 11.9. The fourth-order valence-corrected chi connectivity index (χ4v) is 17.0. The Hall–Kier alpha value is -4.54. The molecule has 0 atom stereocenters. The molecule has 3 N–H and O–H groups in total. The molecule has 2 heterocycles. The van der Waals surface area contributed by atoms with Gasteiger partial charge in [-0.3, -0.25) is 9.59 Å². The minimum Gasteiger partial charge on any atom is -0.492 e. The quantitative estimate of drug-likeness (QED) is 0.0121. The molecule has 12 nitrogen and oxygen atoms in total. The van der Waals surface area contributed by atoms with E-state index in [9.17, 15) is 9.59 Å². The highest BCUT2D eigenvalue weighted by atomic mass is 127. The Bertz CT molecular complexity index is 4820. The van der Waals surface area contributed by atoms with E-state index in [1.807, 2.05) is 134 Å². The summed E-state index contributed by atoms with van der Waals surface area (Å²) < 4.78 is 23.7. The highest BCUT2D eigenvalue weighted by Gasteiger charge is 2.42. The summed E-state index contributed by atoms with van der Waals surface area (Å²) in [5.74, 6) is 3.42. The summed E-state index contributed by atoms with van der Waals surface area (Å²) >= 11 is 53.7. The summed E-state index contributed by atoms with van der Waals surface area (Å²) in [6, 6.07) is 61.0. The number of nitrogens with one attached hydrogen (secondary N) is 3. The Morgan fingerprint density at radius 1 is 0.486 bits per heavy atom. The Kier molecular flexibility index (Phi) is 40.3. The van der Waals surface area contributed by atoms with Crippen molar-refractivity contribution in [3.8, 4) is 62.0 Å². The summed E-state index contributed by atoms with van der Waals surface area (Å²) in [4.78, 5) is 46.8. The molecule has 26 heteroatoms. The molecule has 0 aliphatic heterocycles. The van der Waals surface area contributed by atoms with Crippen LogP contribution in [0, 0.1) is 21.5 Å². The van der Waals surface area contributed by atoms with Gasteiger partial charge >= 0.3 is 0 Å². The minimum atomic E-state index is 0.161. The van der Waals surface area contributed by atoms with E-state index in [-0.39, 0.29) is 5.41 Å². The standard InChI is InChI=1S/C25H33BrS.C15H11IO2.C13H9BrO2.C10H13BrOS.C9H6BrN3S2.C6H5IS2.C5H7BrN4S/c1-3-5-7-9-15-25(16-10-8-6-4-2)23-17-19(26)11-13-21(23)22-14-12-20(27)18-24(22)25;16-12-3-5-14-10(7-12)1-2-11-8-13(18-9-17)4-6-15(11)14;14-12-5-1-10(2-6-12)11-3-7-13(8-4-11)16-9-15;1-2-3-6-12-10-7-8(13)4-5-9(10)11;10-6-3-1-5(2-4-6)7-11-8(14)13-9(15)12-7;7-4-1-5(8)3-6(9)2-4;1-10(2)4-7-3(6)8-5(11)9-4/h11-14,17-18,27H,3-10,15-16H2,1-2H3;3-9H,1-2H2;1-9H;4-5,7,13H,2-3,6H2,1H3;1-4H,(H2,11,12,13,14,15);1-3,8-9H;1-2H3,(H,7,8,9,11). The summed E-state index contributed by atoms with van der Waals surface area (Å²) in [6.45, 7) is 8.41. The lowest BCUT2D eigenvalue weighted by molar-refractivity contribution is -0.121. The van der Waals surface area contributed by atoms with Crippen molar-refractivity contribution >= 4 is 231 Å². The molecule has 0 spiro atoms. The van der Waals surface area contributed by atoms with Crippen LogP contribution in [-0.4, -0.2) is 63.6 Å². The normalized spacial score (nSPS) is 11.4. The van der Waals surface area contributed by atoms with Gasteiger partial charge in [0.1, 0.15) is 23.1 Å². The second kappa shape index (κ2) is 48.0. The van der Waals surface area contributed by atoms with E-state index in [1.54, 1.807) is 17.7 Å². The van der Waals surface area contributed by atoms with E-state index in [0.29, 0.717) is 55.3 Å². The van der Waals surface area contributed by atoms with Gasteiger partial charge in [-0.1, -0.05) is 187 Å². The van der Waals surface area contributed by atoms with Crippen molar-refractivity contribution in [2.45, 2.75) is 136 Å². The van der Waals surface area contributed by atoms with Gasteiger partial charge in [0.05, 0.1) is 11.1 Å². The number of rotatable bonds is 21. The number of nitrogens with zero attached hydrogens (tertiary/aromatic N) is 4. The highest BCUT2D eigenvalue weighted by molar-refractivity contribution is 14.1. The van der Waals surface area contributed by atoms with Crippen molar-refractivity contribution in [3.63, 3.8) is 0 Å². The first-order valence-corrected chi connectivity index (χ1v) is 44.2. The van der Waals surface area contributed by atoms with Gasteiger partial charge in [-0.15, -0.1) is 50.5 Å². The van der Waals surface area contributed by atoms with E-state index >= 15 is 0 Å². The van der Waals surface area contributed by atoms with Crippen molar-refractivity contribution in [3.05, 3.63) is 248 Å². The van der Waals surface area contributed by atoms with Gasteiger partial charge < -0.3 is 34.1 Å². The maximum Gasteiger partial charge on any atom is 0.298 e. The van der Waals surface area contributed by atoms with E-state index in [0.717, 1.165) is 87.7 Å². The van der Waals surface area contributed by atoms with Crippen LogP contribution in [0.3, 0.4) is 0 Å². The second-order valence-corrected chi connectivity index (χ2v) is 35.2. The minimum absolute atomic E-state index is 0.161. The molecule has 109 heavy (non-hydrogen) atoms. The number of aromatic nitrogens is 6. The van der Waals surface area contributed by atoms with Crippen molar-refractivity contribution in [2.75, 3.05) is 25.6 Å². The highest BCUT2D eigenvalue weighted by Crippen LogP contribution is 2.55. The smallest absolute Gasteiger partial charge is 0.298 e. The summed E-state index contributed by atoms with van der Waals surface area (Å²) in [7, 11) is 3.75. The van der Waals surface area contributed by atoms with Crippen LogP contribution in [0.5, 0.6) is 17.2 Å². The van der Waals surface area contributed by atoms with Crippen LogP contribution in [0.25, 0.3) is 44.8 Å². The number of H-pyrrole nitrogens is 3. The van der Waals surface area contributed by atoms with Crippen molar-refractivity contribution in [2.24, 2.45) is 0 Å². The van der Waals surface area contributed by atoms with Crippen molar-refractivity contribution < 1.29 is 23.8 Å². The van der Waals surface area contributed by atoms with Crippen molar-refractivity contribution in [1.82, 2.24) is 29.9 Å². The average Bonchev–Trinajstić information content (AvgIpc) is 1.57. The number of hydrogen-bond donors (Lipinski definition) is 7. The number of aryl methyl sites for hydroxylation is 2. The van der Waals surface area contributed by atoms with Gasteiger partial charge in [-0.25, -0.2) is 4.98 Å². The van der Waals surface area contributed by atoms with Gasteiger partial charge in [0.25, 0.3) is 12.9 Å². The van der Waals surface area contributed by atoms with Gasteiger partial charge in [0, 0.05) is 65.2 Å². The predicted octanol–water partition coefficient (Wildman–Crippen LogP) is 28.0. The van der Waals surface area contributed by atoms with E-state index < -0.39 is 0 Å². The SMILES string of the molecule is CCCCCCC1(CCCCCC)c2cc(S)ccc2-c2ccc(Br)cc21.CCCCOc1cc(S)ccc1Br.CN(C)c1nc(=S)nc(Br)[nH]1.O=COc1ccc(-c2ccc(Br)cc2)cc1.O=COc1ccc2c(c1)CCc1cc(I)ccc1-2.S=c1nc(-c2ccc(Br)cc2)[nH]c(=S)[nH]1.Sc1cc(S)cc(I)c1. The number of hydrogen-bond acceptors (Lipinski definition) is 16. The number of aromatic amines is 3. The van der Waals surface area contributed by atoms with Crippen LogP contribution in [-0.2, 0) is 27.8 Å². The molecule has 0 unspecified atom stereocenters. The Labute approximate surface area is 747 Å². The molecule has 2 aromatic heterocycles. The van der Waals surface area contributed by atoms with Gasteiger partial charge in [0.2, 0.25) is 15.5 Å². The van der Waals surface area contributed by atoms with Crippen LogP contribution in [0.1, 0.15) is 120 Å². The molecule has 0 amide bonds. The fraction of sp³-hybridized carbons (Fsp3) is 0.253. The third-order valence-electron chi connectivity index (χ3n) is 17.1. The lowest BCUT2D eigenvalue weighted by atomic mass is 9.70. The molecule has 2 aliphatic carbocycles. The summed E-state index contributed by atoms with van der Waals surface area (Å²) in [5, 5.41) is 0. The predicted molar refractivity (Wildman–Crippen MR) is 503 cm³/mol. The summed E-state index contributed by atoms with van der Waals surface area (Å²) in [6.07, 6.45) is 17.4. The molecule has 0 radical (unpaired) electrons. The zero-order valence-electron chi connectivity index (χ0n) is 60.6. The second-order valence-electron chi connectivity index (χ2n) is 25.2. The molecule has 0 fully saturated rings. The Balaban J connectivity index is 0.000000182. The maximum absolute atomic E-state index is 10.4. The molecule has 13 rings (SSSR count). The molecule has 572 valence electrons. The third kappa shape index (κ3) is 30.0. The molecule has 0 saturated carbocycles. The molecule has 0 saturated heterocycles. The molecule has 9 aromatic carbocycles. The average molecular weight is 2140 g/mol.